The van der Waals surface area contributed by atoms with Gasteiger partial charge in [-0.15, -0.1) is 0 Å². The number of benzene rings is 1. The van der Waals surface area contributed by atoms with Crippen molar-refractivity contribution >= 4 is 23.4 Å². The van der Waals surface area contributed by atoms with E-state index in [2.05, 4.69) is 13.8 Å². The molecule has 2 aliphatic heterocycles. The van der Waals surface area contributed by atoms with Crippen LogP contribution in [0, 0.1) is 11.8 Å². The van der Waals surface area contributed by atoms with Crippen molar-refractivity contribution in [1.82, 2.24) is 9.80 Å². The number of carbonyl (C=O) groups excluding carboxylic acids is 3. The number of para-hydroxylation sites is 1. The van der Waals surface area contributed by atoms with E-state index in [0.29, 0.717) is 19.6 Å². The molecule has 1 aromatic carbocycles. The van der Waals surface area contributed by atoms with E-state index in [1.54, 1.807) is 4.90 Å². The number of nitrogens with zero attached hydrogens (tertiary/aromatic N) is 3. The van der Waals surface area contributed by atoms with E-state index in [4.69, 9.17) is 0 Å². The second-order valence-electron chi connectivity index (χ2n) is 8.17. The molecule has 2 aliphatic rings. The van der Waals surface area contributed by atoms with Gasteiger partial charge in [-0.3, -0.25) is 14.4 Å². The zero-order chi connectivity index (χ0) is 20.8. The van der Waals surface area contributed by atoms with Crippen LogP contribution >= 0.6 is 0 Å². The van der Waals surface area contributed by atoms with E-state index < -0.39 is 0 Å². The lowest BCUT2D eigenvalue weighted by Crippen LogP contribution is -2.46. The fraction of sp³-hybridized carbons (Fsp3) is 0.609. The summed E-state index contributed by atoms with van der Waals surface area (Å²) in [6.07, 6.45) is 3.65. The Kier molecular flexibility index (Phi) is 7.29. The Bertz CT molecular complexity index is 707. The molecule has 1 unspecified atom stereocenters. The van der Waals surface area contributed by atoms with E-state index in [1.165, 1.54) is 0 Å². The molecule has 1 atom stereocenters. The third kappa shape index (κ3) is 4.98. The monoisotopic (exact) mass is 399 g/mol. The molecule has 0 saturated carbocycles. The molecular formula is C23H33N3O3. The van der Waals surface area contributed by atoms with Crippen LogP contribution in [0.25, 0.3) is 0 Å². The van der Waals surface area contributed by atoms with Crippen LogP contribution in [0.4, 0.5) is 5.69 Å². The van der Waals surface area contributed by atoms with Crippen molar-refractivity contribution < 1.29 is 14.4 Å². The molecule has 1 aromatic rings. The van der Waals surface area contributed by atoms with Gasteiger partial charge in [0.15, 0.2) is 0 Å². The van der Waals surface area contributed by atoms with Gasteiger partial charge in [-0.1, -0.05) is 32.0 Å². The van der Waals surface area contributed by atoms with Crippen molar-refractivity contribution in [3.05, 3.63) is 30.3 Å². The molecule has 3 rings (SSSR count). The molecule has 2 saturated heterocycles. The molecule has 158 valence electrons. The molecule has 0 bridgehead atoms. The highest BCUT2D eigenvalue weighted by Crippen LogP contribution is 2.28. The highest BCUT2D eigenvalue weighted by Gasteiger charge is 2.39. The molecule has 0 aliphatic carbocycles. The minimum absolute atomic E-state index is 0.00869. The Labute approximate surface area is 173 Å². The first-order valence-electron chi connectivity index (χ1n) is 11.0. The highest BCUT2D eigenvalue weighted by atomic mass is 16.2. The SMILES string of the molecule is CCCN(CCC)C(=O)C1CCN(C(=O)C2CC(=O)N(c3ccccc3)C2)CC1. The standard InChI is InChI=1S/C23H33N3O3/c1-3-12-24(13-4-2)22(28)18-10-14-25(15-11-18)23(29)19-16-21(27)26(17-19)20-8-6-5-7-9-20/h5-9,18-19H,3-4,10-17H2,1-2H3. The maximum Gasteiger partial charge on any atom is 0.228 e. The van der Waals surface area contributed by atoms with E-state index in [-0.39, 0.29) is 36.0 Å². The summed E-state index contributed by atoms with van der Waals surface area (Å²) in [6, 6.07) is 9.53. The predicted octanol–water partition coefficient (Wildman–Crippen LogP) is 2.93. The maximum atomic E-state index is 13.0. The van der Waals surface area contributed by atoms with E-state index in [0.717, 1.165) is 44.5 Å². The largest absolute Gasteiger partial charge is 0.342 e. The Morgan fingerprint density at radius 1 is 1.00 bits per heavy atom. The molecule has 0 radical (unpaired) electrons. The van der Waals surface area contributed by atoms with Crippen molar-refractivity contribution in [2.45, 2.75) is 46.0 Å². The van der Waals surface area contributed by atoms with Crippen molar-refractivity contribution in [3.63, 3.8) is 0 Å². The molecule has 0 spiro atoms. The van der Waals surface area contributed by atoms with Crippen molar-refractivity contribution in [1.29, 1.82) is 0 Å². The number of hydrogen-bond acceptors (Lipinski definition) is 3. The van der Waals surface area contributed by atoms with Gasteiger partial charge in [-0.05, 0) is 37.8 Å². The summed E-state index contributed by atoms with van der Waals surface area (Å²) in [4.78, 5) is 43.8. The van der Waals surface area contributed by atoms with Crippen LogP contribution in [0.5, 0.6) is 0 Å². The second kappa shape index (κ2) is 9.90. The Morgan fingerprint density at radius 2 is 1.62 bits per heavy atom. The van der Waals surface area contributed by atoms with Gasteiger partial charge in [-0.2, -0.15) is 0 Å². The first-order chi connectivity index (χ1) is 14.0. The van der Waals surface area contributed by atoms with Gasteiger partial charge in [-0.25, -0.2) is 0 Å². The topological polar surface area (TPSA) is 60.9 Å². The molecule has 6 heteroatoms. The zero-order valence-electron chi connectivity index (χ0n) is 17.7. The fourth-order valence-electron chi connectivity index (χ4n) is 4.47. The van der Waals surface area contributed by atoms with Crippen LogP contribution in [0.15, 0.2) is 30.3 Å². The summed E-state index contributed by atoms with van der Waals surface area (Å²) in [5.74, 6) is 0.0398. The lowest BCUT2D eigenvalue weighted by Gasteiger charge is -2.35. The van der Waals surface area contributed by atoms with Crippen LogP contribution in [0.1, 0.15) is 46.0 Å². The van der Waals surface area contributed by atoms with E-state index in [9.17, 15) is 14.4 Å². The van der Waals surface area contributed by atoms with Gasteiger partial charge in [0.2, 0.25) is 17.7 Å². The summed E-state index contributed by atoms with van der Waals surface area (Å²) in [6.45, 7) is 7.48. The van der Waals surface area contributed by atoms with E-state index in [1.807, 2.05) is 40.1 Å². The molecule has 6 nitrogen and oxygen atoms in total. The van der Waals surface area contributed by atoms with Crippen molar-refractivity contribution in [3.8, 4) is 0 Å². The minimum atomic E-state index is -0.286. The summed E-state index contributed by atoms with van der Waals surface area (Å²) in [7, 11) is 0. The lowest BCUT2D eigenvalue weighted by molar-refractivity contribution is -0.142. The molecular weight excluding hydrogens is 366 g/mol. The number of likely N-dealkylation sites (tertiary alicyclic amines) is 1. The van der Waals surface area contributed by atoms with Crippen LogP contribution in [0.2, 0.25) is 0 Å². The normalized spacial score (nSPS) is 20.2. The van der Waals surface area contributed by atoms with Crippen LogP contribution in [-0.4, -0.2) is 60.2 Å². The number of carbonyl (C=O) groups is 3. The number of anilines is 1. The molecule has 0 N–H and O–H groups in total. The smallest absolute Gasteiger partial charge is 0.228 e. The third-order valence-corrected chi connectivity index (χ3v) is 6.00. The second-order valence-corrected chi connectivity index (χ2v) is 8.17. The van der Waals surface area contributed by atoms with Crippen molar-refractivity contribution in [2.24, 2.45) is 11.8 Å². The quantitative estimate of drug-likeness (QED) is 0.708. The fourth-order valence-corrected chi connectivity index (χ4v) is 4.47. The first kappa shape index (κ1) is 21.3. The molecule has 2 heterocycles. The van der Waals surface area contributed by atoms with Crippen molar-refractivity contribution in [2.75, 3.05) is 37.6 Å². The number of amides is 3. The molecule has 0 aromatic heterocycles. The third-order valence-electron chi connectivity index (χ3n) is 6.00. The highest BCUT2D eigenvalue weighted by molar-refractivity contribution is 6.00. The number of rotatable bonds is 7. The van der Waals surface area contributed by atoms with Crippen LogP contribution in [0.3, 0.4) is 0 Å². The number of piperidine rings is 1. The molecule has 29 heavy (non-hydrogen) atoms. The molecule has 3 amide bonds. The van der Waals surface area contributed by atoms with Crippen LogP contribution in [-0.2, 0) is 14.4 Å². The summed E-state index contributed by atoms with van der Waals surface area (Å²) < 4.78 is 0. The summed E-state index contributed by atoms with van der Waals surface area (Å²) in [5, 5.41) is 0. The van der Waals surface area contributed by atoms with Gasteiger partial charge < -0.3 is 14.7 Å². The van der Waals surface area contributed by atoms with E-state index >= 15 is 0 Å². The summed E-state index contributed by atoms with van der Waals surface area (Å²) >= 11 is 0. The zero-order valence-corrected chi connectivity index (χ0v) is 17.7. The first-order valence-corrected chi connectivity index (χ1v) is 11.0. The van der Waals surface area contributed by atoms with Gasteiger partial charge >= 0.3 is 0 Å². The number of hydrogen-bond donors (Lipinski definition) is 0. The minimum Gasteiger partial charge on any atom is -0.342 e. The van der Waals surface area contributed by atoms with Gasteiger partial charge in [0.05, 0.1) is 5.92 Å². The average molecular weight is 400 g/mol. The lowest BCUT2D eigenvalue weighted by atomic mass is 9.94. The Morgan fingerprint density at radius 3 is 2.21 bits per heavy atom. The Hall–Kier alpha value is -2.37. The summed E-state index contributed by atoms with van der Waals surface area (Å²) in [5.41, 5.74) is 0.851. The van der Waals surface area contributed by atoms with Crippen LogP contribution < -0.4 is 4.90 Å². The predicted molar refractivity (Wildman–Crippen MR) is 113 cm³/mol. The van der Waals surface area contributed by atoms with Gasteiger partial charge in [0, 0.05) is 50.7 Å². The Balaban J connectivity index is 1.54. The molecule has 2 fully saturated rings. The maximum absolute atomic E-state index is 13.0. The van der Waals surface area contributed by atoms with Gasteiger partial charge in [0.25, 0.3) is 0 Å². The average Bonchev–Trinajstić information content (AvgIpc) is 3.15. The van der Waals surface area contributed by atoms with Gasteiger partial charge in [0.1, 0.15) is 0 Å².